The highest BCUT2D eigenvalue weighted by Crippen LogP contribution is 2.39. The summed E-state index contributed by atoms with van der Waals surface area (Å²) in [6, 6.07) is 6.22. The highest BCUT2D eigenvalue weighted by molar-refractivity contribution is 9.11. The Morgan fingerprint density at radius 2 is 2.09 bits per heavy atom. The maximum atomic E-state index is 9.49. The number of ether oxygens (including phenoxy) is 1. The van der Waals surface area contributed by atoms with Crippen molar-refractivity contribution in [3.63, 3.8) is 0 Å². The first-order valence-electron chi connectivity index (χ1n) is 7.25. The molecule has 1 aromatic carbocycles. The van der Waals surface area contributed by atoms with Crippen molar-refractivity contribution in [2.45, 2.75) is 25.7 Å². The Labute approximate surface area is 156 Å². The largest absolute Gasteiger partial charge is 0.495 e. The number of hydrogen-bond acceptors (Lipinski definition) is 4. The molecule has 0 bridgehead atoms. The van der Waals surface area contributed by atoms with E-state index in [2.05, 4.69) is 42.9 Å². The molecule has 0 unspecified atom stereocenters. The van der Waals surface area contributed by atoms with Crippen molar-refractivity contribution in [3.05, 3.63) is 42.6 Å². The lowest BCUT2D eigenvalue weighted by atomic mass is 9.96. The summed E-state index contributed by atoms with van der Waals surface area (Å²) in [5, 5.41) is 10.3. The van der Waals surface area contributed by atoms with Gasteiger partial charge in [0, 0.05) is 21.1 Å². The van der Waals surface area contributed by atoms with Crippen LogP contribution in [0.5, 0.6) is 5.75 Å². The van der Waals surface area contributed by atoms with Crippen LogP contribution in [0.3, 0.4) is 0 Å². The van der Waals surface area contributed by atoms with Gasteiger partial charge in [-0.3, -0.25) is 0 Å². The molecule has 2 aromatic rings. The zero-order valence-electron chi connectivity index (χ0n) is 12.5. The monoisotopic (exact) mass is 452 g/mol. The summed E-state index contributed by atoms with van der Waals surface area (Å²) in [4.78, 5) is 5.91. The smallest absolute Gasteiger partial charge is 0.141 e. The van der Waals surface area contributed by atoms with Crippen LogP contribution >= 0.6 is 43.2 Å². The standard InChI is InChI=1S/C17H14Br2N2OS/c1-22-16-10(6-11(18)7-14(16)19)9-21-17-13(8-20)12-4-2-3-5-15(12)23-17/h6-7,9H,2-5H2,1H3. The minimum absolute atomic E-state index is 0.733. The van der Waals surface area contributed by atoms with Crippen LogP contribution in [0, 0.1) is 11.3 Å². The SMILES string of the molecule is COc1c(Br)cc(Br)cc1C=Nc1sc2c(c1C#N)CCCC2. The molecule has 0 saturated carbocycles. The number of thiophene rings is 1. The van der Waals surface area contributed by atoms with Gasteiger partial charge >= 0.3 is 0 Å². The summed E-state index contributed by atoms with van der Waals surface area (Å²) in [6.07, 6.45) is 6.19. The van der Waals surface area contributed by atoms with E-state index in [9.17, 15) is 5.26 Å². The fraction of sp³-hybridized carbons (Fsp3) is 0.294. The van der Waals surface area contributed by atoms with Crippen molar-refractivity contribution in [1.82, 2.24) is 0 Å². The molecule has 0 fully saturated rings. The van der Waals surface area contributed by atoms with Crippen molar-refractivity contribution in [3.8, 4) is 11.8 Å². The highest BCUT2D eigenvalue weighted by atomic mass is 79.9. The van der Waals surface area contributed by atoms with Crippen LogP contribution in [0.25, 0.3) is 0 Å². The first-order valence-corrected chi connectivity index (χ1v) is 9.66. The fourth-order valence-electron chi connectivity index (χ4n) is 2.78. The minimum atomic E-state index is 0.733. The number of nitrogens with zero attached hydrogens (tertiary/aromatic N) is 2. The number of aliphatic imine (C=N–C) groups is 1. The molecule has 1 heterocycles. The third-order valence-electron chi connectivity index (χ3n) is 3.83. The Balaban J connectivity index is 2.01. The first-order chi connectivity index (χ1) is 11.1. The van der Waals surface area contributed by atoms with Crippen LogP contribution in [-0.4, -0.2) is 13.3 Å². The van der Waals surface area contributed by atoms with E-state index < -0.39 is 0 Å². The van der Waals surface area contributed by atoms with Gasteiger partial charge in [0.25, 0.3) is 0 Å². The van der Waals surface area contributed by atoms with Gasteiger partial charge in [-0.15, -0.1) is 11.3 Å². The van der Waals surface area contributed by atoms with Crippen LogP contribution in [0.4, 0.5) is 5.00 Å². The summed E-state index contributed by atoms with van der Waals surface area (Å²) in [7, 11) is 1.63. The molecule has 6 heteroatoms. The molecule has 0 N–H and O–H groups in total. The predicted octanol–water partition coefficient (Wildman–Crippen LogP) is 5.78. The Kier molecular flexibility index (Phi) is 5.20. The minimum Gasteiger partial charge on any atom is -0.495 e. The van der Waals surface area contributed by atoms with Crippen molar-refractivity contribution >= 4 is 54.4 Å². The van der Waals surface area contributed by atoms with Crippen molar-refractivity contribution < 1.29 is 4.74 Å². The van der Waals surface area contributed by atoms with Gasteiger partial charge in [0.1, 0.15) is 16.8 Å². The summed E-state index contributed by atoms with van der Waals surface area (Å²) in [5.74, 6) is 0.733. The molecule has 118 valence electrons. The summed E-state index contributed by atoms with van der Waals surface area (Å²) < 4.78 is 7.24. The number of halogens is 2. The van der Waals surface area contributed by atoms with Gasteiger partial charge in [0.2, 0.25) is 0 Å². The molecule has 3 nitrogen and oxygen atoms in total. The molecule has 1 aromatic heterocycles. The first kappa shape index (κ1) is 16.7. The molecule has 1 aliphatic rings. The normalized spacial score (nSPS) is 13.8. The molecule has 0 radical (unpaired) electrons. The Morgan fingerprint density at radius 3 is 2.83 bits per heavy atom. The van der Waals surface area contributed by atoms with E-state index in [1.165, 1.54) is 16.9 Å². The van der Waals surface area contributed by atoms with E-state index in [0.717, 1.165) is 50.1 Å². The molecule has 23 heavy (non-hydrogen) atoms. The zero-order chi connectivity index (χ0) is 16.4. The lowest BCUT2D eigenvalue weighted by Crippen LogP contribution is -1.99. The maximum absolute atomic E-state index is 9.49. The zero-order valence-corrected chi connectivity index (χ0v) is 16.5. The Bertz CT molecular complexity index is 821. The lowest BCUT2D eigenvalue weighted by Gasteiger charge is -2.09. The van der Waals surface area contributed by atoms with E-state index in [-0.39, 0.29) is 0 Å². The Hall–Kier alpha value is -1.16. The van der Waals surface area contributed by atoms with E-state index in [4.69, 9.17) is 4.74 Å². The van der Waals surface area contributed by atoms with Gasteiger partial charge in [-0.2, -0.15) is 5.26 Å². The number of aryl methyl sites for hydroxylation is 1. The van der Waals surface area contributed by atoms with Crippen molar-refractivity contribution in [2.24, 2.45) is 4.99 Å². The third kappa shape index (κ3) is 3.37. The van der Waals surface area contributed by atoms with Gasteiger partial charge in [0.05, 0.1) is 17.1 Å². The summed E-state index contributed by atoms with van der Waals surface area (Å²) in [6.45, 7) is 0. The van der Waals surface area contributed by atoms with Gasteiger partial charge in [0.15, 0.2) is 0 Å². The molecule has 3 rings (SSSR count). The van der Waals surface area contributed by atoms with Gasteiger partial charge < -0.3 is 4.74 Å². The molecular weight excluding hydrogens is 440 g/mol. The third-order valence-corrected chi connectivity index (χ3v) is 6.07. The maximum Gasteiger partial charge on any atom is 0.141 e. The topological polar surface area (TPSA) is 45.4 Å². The summed E-state index contributed by atoms with van der Waals surface area (Å²) in [5.41, 5.74) is 2.82. The van der Waals surface area contributed by atoms with Crippen LogP contribution in [0.15, 0.2) is 26.1 Å². The van der Waals surface area contributed by atoms with Crippen molar-refractivity contribution in [1.29, 1.82) is 5.26 Å². The molecule has 0 amide bonds. The predicted molar refractivity (Wildman–Crippen MR) is 101 cm³/mol. The second kappa shape index (κ2) is 7.16. The number of nitriles is 1. The summed E-state index contributed by atoms with van der Waals surface area (Å²) >= 11 is 8.62. The average Bonchev–Trinajstić information content (AvgIpc) is 2.89. The average molecular weight is 454 g/mol. The quantitative estimate of drug-likeness (QED) is 0.552. The van der Waals surface area contributed by atoms with Crippen LogP contribution in [0.2, 0.25) is 0 Å². The number of rotatable bonds is 3. The fourth-order valence-corrected chi connectivity index (χ4v) is 5.38. The molecule has 0 spiro atoms. The number of hydrogen-bond donors (Lipinski definition) is 0. The lowest BCUT2D eigenvalue weighted by molar-refractivity contribution is 0.411. The second-order valence-electron chi connectivity index (χ2n) is 5.27. The van der Waals surface area contributed by atoms with Crippen LogP contribution in [0.1, 0.15) is 34.4 Å². The number of fused-ring (bicyclic) bond motifs is 1. The molecule has 1 aliphatic carbocycles. The van der Waals surface area contributed by atoms with E-state index >= 15 is 0 Å². The van der Waals surface area contributed by atoms with Gasteiger partial charge in [-0.25, -0.2) is 4.99 Å². The number of benzene rings is 1. The van der Waals surface area contributed by atoms with Gasteiger partial charge in [-0.05, 0) is 59.3 Å². The molecule has 0 saturated heterocycles. The molecular formula is C17H14Br2N2OS. The van der Waals surface area contributed by atoms with E-state index in [1.54, 1.807) is 24.7 Å². The molecule has 0 atom stereocenters. The van der Waals surface area contributed by atoms with E-state index in [0.29, 0.717) is 0 Å². The van der Waals surface area contributed by atoms with Crippen LogP contribution in [-0.2, 0) is 12.8 Å². The Morgan fingerprint density at radius 1 is 1.30 bits per heavy atom. The molecule has 0 aliphatic heterocycles. The van der Waals surface area contributed by atoms with E-state index in [1.807, 2.05) is 12.1 Å². The van der Waals surface area contributed by atoms with Gasteiger partial charge in [-0.1, -0.05) is 15.9 Å². The second-order valence-corrected chi connectivity index (χ2v) is 8.12. The van der Waals surface area contributed by atoms with Crippen molar-refractivity contribution in [2.75, 3.05) is 7.11 Å². The number of methoxy groups -OCH3 is 1. The highest BCUT2D eigenvalue weighted by Gasteiger charge is 2.20. The van der Waals surface area contributed by atoms with Crippen LogP contribution < -0.4 is 4.74 Å².